The molecule has 1 aliphatic carbocycles. The molecule has 4 rings (SSSR count). The van der Waals surface area contributed by atoms with E-state index in [1.807, 2.05) is 17.8 Å². The number of fused-ring (bicyclic) bond motifs is 3. The lowest BCUT2D eigenvalue weighted by atomic mass is 10.0. The van der Waals surface area contributed by atoms with Gasteiger partial charge < -0.3 is 4.90 Å². The summed E-state index contributed by atoms with van der Waals surface area (Å²) in [5.41, 5.74) is 7.29. The first-order valence-electron chi connectivity index (χ1n) is 7.93. The highest BCUT2D eigenvalue weighted by molar-refractivity contribution is 8.93. The van der Waals surface area contributed by atoms with E-state index in [0.29, 0.717) is 6.54 Å². The SMILES string of the molecule is Br.CC1=C(C)N(CC(=O)c2ccc3c(c2)Cc2ccccc2-3)CS1. The molecule has 0 radical (unpaired) electrons. The summed E-state index contributed by atoms with van der Waals surface area (Å²) in [4.78, 5) is 16.1. The summed E-state index contributed by atoms with van der Waals surface area (Å²) in [5.74, 6) is 1.10. The molecular formula is C20H20BrNOS. The van der Waals surface area contributed by atoms with Crippen LogP contribution in [0.5, 0.6) is 0 Å². The molecule has 0 saturated carbocycles. The van der Waals surface area contributed by atoms with Gasteiger partial charge in [0.2, 0.25) is 0 Å². The van der Waals surface area contributed by atoms with Crippen LogP contribution in [0.2, 0.25) is 0 Å². The Morgan fingerprint density at radius 1 is 1.08 bits per heavy atom. The third-order valence-electron chi connectivity index (χ3n) is 4.87. The molecule has 0 aromatic heterocycles. The van der Waals surface area contributed by atoms with Crippen molar-refractivity contribution in [1.29, 1.82) is 0 Å². The largest absolute Gasteiger partial charge is 0.357 e. The summed E-state index contributed by atoms with van der Waals surface area (Å²) in [6.45, 7) is 4.70. The molecule has 0 fully saturated rings. The van der Waals surface area contributed by atoms with Gasteiger partial charge in [0.1, 0.15) is 0 Å². The van der Waals surface area contributed by atoms with Crippen molar-refractivity contribution in [2.75, 3.05) is 12.4 Å². The lowest BCUT2D eigenvalue weighted by molar-refractivity contribution is 0.0958. The highest BCUT2D eigenvalue weighted by Gasteiger charge is 2.22. The first-order valence-corrected chi connectivity index (χ1v) is 8.91. The van der Waals surface area contributed by atoms with Gasteiger partial charge in [-0.2, -0.15) is 0 Å². The number of thioether (sulfide) groups is 1. The topological polar surface area (TPSA) is 20.3 Å². The first kappa shape index (κ1) is 17.3. The maximum Gasteiger partial charge on any atom is 0.182 e. The van der Waals surface area contributed by atoms with Crippen LogP contribution in [0.1, 0.15) is 35.3 Å². The number of carbonyl (C=O) groups excluding carboxylic acids is 1. The predicted molar refractivity (Wildman–Crippen MR) is 107 cm³/mol. The van der Waals surface area contributed by atoms with E-state index in [9.17, 15) is 4.79 Å². The van der Waals surface area contributed by atoms with E-state index in [2.05, 4.69) is 55.1 Å². The van der Waals surface area contributed by atoms with E-state index in [-0.39, 0.29) is 22.8 Å². The molecule has 0 unspecified atom stereocenters. The van der Waals surface area contributed by atoms with Crippen LogP contribution < -0.4 is 0 Å². The third kappa shape index (κ3) is 2.93. The molecule has 1 heterocycles. The zero-order valence-corrected chi connectivity index (χ0v) is 16.4. The third-order valence-corrected chi connectivity index (χ3v) is 6.04. The Morgan fingerprint density at radius 3 is 2.58 bits per heavy atom. The Hall–Kier alpha value is -1.52. The molecule has 0 spiro atoms. The number of benzene rings is 2. The van der Waals surface area contributed by atoms with Crippen molar-refractivity contribution in [2.24, 2.45) is 0 Å². The molecule has 0 bridgehead atoms. The molecule has 0 N–H and O–H groups in total. The van der Waals surface area contributed by atoms with Crippen LogP contribution in [0.4, 0.5) is 0 Å². The maximum atomic E-state index is 12.7. The summed E-state index contributed by atoms with van der Waals surface area (Å²) >= 11 is 1.82. The molecule has 4 heteroatoms. The molecule has 2 aromatic carbocycles. The number of carbonyl (C=O) groups is 1. The monoisotopic (exact) mass is 401 g/mol. The van der Waals surface area contributed by atoms with Crippen molar-refractivity contribution in [3.8, 4) is 11.1 Å². The average molecular weight is 402 g/mol. The second-order valence-electron chi connectivity index (χ2n) is 6.24. The lowest BCUT2D eigenvalue weighted by Crippen LogP contribution is -2.25. The van der Waals surface area contributed by atoms with Gasteiger partial charge in [-0.25, -0.2) is 0 Å². The first-order chi connectivity index (χ1) is 11.1. The average Bonchev–Trinajstić information content (AvgIpc) is 3.09. The fraction of sp³-hybridized carbons (Fsp3) is 0.250. The van der Waals surface area contributed by atoms with Gasteiger partial charge in [0.15, 0.2) is 5.78 Å². The van der Waals surface area contributed by atoms with Crippen molar-refractivity contribution in [1.82, 2.24) is 4.90 Å². The van der Waals surface area contributed by atoms with E-state index in [1.165, 1.54) is 32.9 Å². The normalized spacial score (nSPS) is 15.2. The Balaban J connectivity index is 0.00000169. The van der Waals surface area contributed by atoms with Gasteiger partial charge in [-0.05, 0) is 48.6 Å². The van der Waals surface area contributed by atoms with Crippen LogP contribution in [0.15, 0.2) is 53.1 Å². The van der Waals surface area contributed by atoms with Gasteiger partial charge in [-0.15, -0.1) is 28.7 Å². The fourth-order valence-electron chi connectivity index (χ4n) is 3.35. The number of Topliss-reactive ketones (excluding diaryl/α,β-unsaturated/α-hetero) is 1. The van der Waals surface area contributed by atoms with E-state index >= 15 is 0 Å². The number of hydrogen-bond donors (Lipinski definition) is 0. The molecule has 0 atom stereocenters. The fourth-order valence-corrected chi connectivity index (χ4v) is 4.32. The van der Waals surface area contributed by atoms with Gasteiger partial charge in [0.25, 0.3) is 0 Å². The molecule has 1 aliphatic heterocycles. The van der Waals surface area contributed by atoms with Crippen LogP contribution in [-0.2, 0) is 6.42 Å². The number of hydrogen-bond acceptors (Lipinski definition) is 3. The van der Waals surface area contributed by atoms with Crippen molar-refractivity contribution in [3.05, 3.63) is 69.8 Å². The molecule has 0 amide bonds. The highest BCUT2D eigenvalue weighted by atomic mass is 79.9. The molecule has 2 aromatic rings. The Morgan fingerprint density at radius 2 is 1.83 bits per heavy atom. The van der Waals surface area contributed by atoms with Crippen LogP contribution >= 0.6 is 28.7 Å². The van der Waals surface area contributed by atoms with E-state index in [1.54, 1.807) is 0 Å². The molecule has 2 aliphatic rings. The second kappa shape index (κ2) is 6.77. The summed E-state index contributed by atoms with van der Waals surface area (Å²) in [6.07, 6.45) is 0.935. The minimum absolute atomic E-state index is 0. The summed E-state index contributed by atoms with van der Waals surface area (Å²) in [7, 11) is 0. The Bertz CT molecular complexity index is 843. The number of ketones is 1. The minimum Gasteiger partial charge on any atom is -0.357 e. The molecule has 24 heavy (non-hydrogen) atoms. The molecule has 2 nitrogen and oxygen atoms in total. The smallest absolute Gasteiger partial charge is 0.182 e. The lowest BCUT2D eigenvalue weighted by Gasteiger charge is -2.18. The van der Waals surface area contributed by atoms with Crippen LogP contribution in [0.3, 0.4) is 0 Å². The maximum absolute atomic E-state index is 12.7. The van der Waals surface area contributed by atoms with Crippen molar-refractivity contribution in [3.63, 3.8) is 0 Å². The van der Waals surface area contributed by atoms with E-state index in [4.69, 9.17) is 0 Å². The van der Waals surface area contributed by atoms with Gasteiger partial charge in [-0.1, -0.05) is 36.4 Å². The Labute approximate surface area is 157 Å². The van der Waals surface area contributed by atoms with Crippen molar-refractivity contribution < 1.29 is 4.79 Å². The number of rotatable bonds is 3. The van der Waals surface area contributed by atoms with Gasteiger partial charge in [-0.3, -0.25) is 4.79 Å². The quantitative estimate of drug-likeness (QED) is 0.557. The second-order valence-corrected chi connectivity index (χ2v) is 7.40. The standard InChI is InChI=1S/C20H19NOS.BrH/c1-13-14(2)23-12-21(13)11-20(22)16-7-8-19-17(10-16)9-15-5-3-4-6-18(15)19;/h3-8,10H,9,11-12H2,1-2H3;1H. The Kier molecular flexibility index (Phi) is 4.88. The van der Waals surface area contributed by atoms with E-state index < -0.39 is 0 Å². The molecule has 124 valence electrons. The number of halogens is 1. The van der Waals surface area contributed by atoms with Crippen molar-refractivity contribution in [2.45, 2.75) is 20.3 Å². The summed E-state index contributed by atoms with van der Waals surface area (Å²) in [6, 6.07) is 14.7. The molecular weight excluding hydrogens is 382 g/mol. The number of allylic oxidation sites excluding steroid dienone is 2. The molecule has 0 saturated heterocycles. The van der Waals surface area contributed by atoms with Crippen LogP contribution in [0, 0.1) is 0 Å². The van der Waals surface area contributed by atoms with Gasteiger partial charge in [0.05, 0.1) is 12.4 Å². The number of nitrogens with zero attached hydrogens (tertiary/aromatic N) is 1. The van der Waals surface area contributed by atoms with E-state index in [0.717, 1.165) is 17.9 Å². The van der Waals surface area contributed by atoms with Gasteiger partial charge in [0, 0.05) is 16.2 Å². The predicted octanol–water partition coefficient (Wildman–Crippen LogP) is 5.28. The minimum atomic E-state index is 0. The zero-order chi connectivity index (χ0) is 16.0. The zero-order valence-electron chi connectivity index (χ0n) is 13.8. The van der Waals surface area contributed by atoms with Crippen LogP contribution in [-0.4, -0.2) is 23.1 Å². The summed E-state index contributed by atoms with van der Waals surface area (Å²) in [5, 5.41) is 0. The summed E-state index contributed by atoms with van der Waals surface area (Å²) < 4.78 is 0. The van der Waals surface area contributed by atoms with Gasteiger partial charge >= 0.3 is 0 Å². The highest BCUT2D eigenvalue weighted by Crippen LogP contribution is 2.37. The van der Waals surface area contributed by atoms with Crippen LogP contribution in [0.25, 0.3) is 11.1 Å². The van der Waals surface area contributed by atoms with Crippen molar-refractivity contribution >= 4 is 34.5 Å².